The SMILES string of the molecule is Cc1ccccc1CCC(=O)Nc1cccc2c(=O)n(CCCN3CCCC3=O)ccc12. The van der Waals surface area contributed by atoms with Gasteiger partial charge in [-0.2, -0.15) is 0 Å². The molecule has 6 heteroatoms. The lowest BCUT2D eigenvalue weighted by Gasteiger charge is -2.16. The summed E-state index contributed by atoms with van der Waals surface area (Å²) in [4.78, 5) is 39.2. The molecule has 1 N–H and O–H groups in total. The van der Waals surface area contributed by atoms with Crippen molar-refractivity contribution in [3.63, 3.8) is 0 Å². The summed E-state index contributed by atoms with van der Waals surface area (Å²) in [5.74, 6) is 0.138. The fourth-order valence-corrected chi connectivity index (χ4v) is 4.33. The van der Waals surface area contributed by atoms with Crippen LogP contribution in [-0.2, 0) is 22.6 Å². The largest absolute Gasteiger partial charge is 0.343 e. The topological polar surface area (TPSA) is 71.4 Å². The number of carbonyl (C=O) groups is 2. The zero-order valence-corrected chi connectivity index (χ0v) is 18.5. The van der Waals surface area contributed by atoms with Gasteiger partial charge in [0.15, 0.2) is 0 Å². The molecule has 1 aromatic heterocycles. The third-order valence-corrected chi connectivity index (χ3v) is 6.17. The van der Waals surface area contributed by atoms with Gasteiger partial charge in [-0.05, 0) is 55.5 Å². The van der Waals surface area contributed by atoms with E-state index in [1.807, 2.05) is 48.2 Å². The van der Waals surface area contributed by atoms with Gasteiger partial charge in [0, 0.05) is 55.1 Å². The second-order valence-corrected chi connectivity index (χ2v) is 8.39. The summed E-state index contributed by atoms with van der Waals surface area (Å²) in [6.45, 7) is 4.11. The van der Waals surface area contributed by atoms with Crippen LogP contribution in [0.4, 0.5) is 5.69 Å². The lowest BCUT2D eigenvalue weighted by molar-refractivity contribution is -0.127. The van der Waals surface area contributed by atoms with E-state index in [0.717, 1.165) is 24.8 Å². The maximum atomic E-state index is 13.0. The number of nitrogens with one attached hydrogen (secondary N) is 1. The van der Waals surface area contributed by atoms with E-state index < -0.39 is 0 Å². The molecule has 0 spiro atoms. The van der Waals surface area contributed by atoms with Crippen LogP contribution >= 0.6 is 0 Å². The molecule has 1 fully saturated rings. The molecule has 0 radical (unpaired) electrons. The van der Waals surface area contributed by atoms with Crippen molar-refractivity contribution in [3.05, 3.63) is 76.2 Å². The Morgan fingerprint density at radius 2 is 1.84 bits per heavy atom. The third kappa shape index (κ3) is 4.90. The summed E-state index contributed by atoms with van der Waals surface area (Å²) in [5.41, 5.74) is 2.93. The van der Waals surface area contributed by atoms with Gasteiger partial charge in [-0.25, -0.2) is 0 Å². The van der Waals surface area contributed by atoms with E-state index in [1.165, 1.54) is 11.1 Å². The number of nitrogens with zero attached hydrogens (tertiary/aromatic N) is 2. The zero-order valence-electron chi connectivity index (χ0n) is 18.5. The summed E-state index contributed by atoms with van der Waals surface area (Å²) in [5, 5.41) is 4.30. The van der Waals surface area contributed by atoms with Crippen molar-refractivity contribution in [1.82, 2.24) is 9.47 Å². The summed E-state index contributed by atoms with van der Waals surface area (Å²) >= 11 is 0. The van der Waals surface area contributed by atoms with Gasteiger partial charge >= 0.3 is 0 Å². The fourth-order valence-electron chi connectivity index (χ4n) is 4.33. The Morgan fingerprint density at radius 3 is 2.62 bits per heavy atom. The minimum Gasteiger partial charge on any atom is -0.343 e. The molecule has 1 saturated heterocycles. The van der Waals surface area contributed by atoms with Crippen LogP contribution in [0.3, 0.4) is 0 Å². The molecule has 2 aromatic carbocycles. The average Bonchev–Trinajstić information content (AvgIpc) is 3.20. The van der Waals surface area contributed by atoms with Gasteiger partial charge < -0.3 is 14.8 Å². The molecular weight excluding hydrogens is 402 g/mol. The number of pyridine rings is 1. The summed E-state index contributed by atoms with van der Waals surface area (Å²) in [6.07, 6.45) is 5.14. The molecule has 1 aliphatic heterocycles. The molecule has 1 aliphatic rings. The highest BCUT2D eigenvalue weighted by molar-refractivity contribution is 6.01. The molecule has 0 aliphatic carbocycles. The van der Waals surface area contributed by atoms with Crippen LogP contribution in [0.25, 0.3) is 10.8 Å². The number of fused-ring (bicyclic) bond motifs is 1. The number of rotatable bonds is 8. The zero-order chi connectivity index (χ0) is 22.5. The Kier molecular flexibility index (Phi) is 6.69. The van der Waals surface area contributed by atoms with Crippen LogP contribution < -0.4 is 10.9 Å². The number of carbonyl (C=O) groups excluding carboxylic acids is 2. The van der Waals surface area contributed by atoms with Crippen molar-refractivity contribution in [2.45, 2.75) is 45.6 Å². The summed E-state index contributed by atoms with van der Waals surface area (Å²) in [7, 11) is 0. The molecule has 2 heterocycles. The normalized spacial score (nSPS) is 13.7. The molecule has 2 amide bonds. The van der Waals surface area contributed by atoms with Crippen LogP contribution in [0.1, 0.15) is 36.8 Å². The Labute approximate surface area is 187 Å². The van der Waals surface area contributed by atoms with E-state index in [-0.39, 0.29) is 17.4 Å². The molecule has 166 valence electrons. The molecule has 0 saturated carbocycles. The molecule has 4 rings (SSSR count). The van der Waals surface area contributed by atoms with Gasteiger partial charge in [0.25, 0.3) is 5.56 Å². The number of likely N-dealkylation sites (tertiary alicyclic amines) is 1. The van der Waals surface area contributed by atoms with Crippen molar-refractivity contribution in [2.24, 2.45) is 0 Å². The highest BCUT2D eigenvalue weighted by atomic mass is 16.2. The molecule has 0 unspecified atom stereocenters. The van der Waals surface area contributed by atoms with Crippen molar-refractivity contribution < 1.29 is 9.59 Å². The smallest absolute Gasteiger partial charge is 0.258 e. The highest BCUT2D eigenvalue weighted by Gasteiger charge is 2.19. The number of hydrogen-bond acceptors (Lipinski definition) is 3. The monoisotopic (exact) mass is 431 g/mol. The predicted molar refractivity (Wildman–Crippen MR) is 127 cm³/mol. The van der Waals surface area contributed by atoms with E-state index in [2.05, 4.69) is 5.32 Å². The Balaban J connectivity index is 1.42. The molecule has 0 atom stereocenters. The van der Waals surface area contributed by atoms with Crippen LogP contribution in [0, 0.1) is 6.92 Å². The number of benzene rings is 2. The summed E-state index contributed by atoms with van der Waals surface area (Å²) < 4.78 is 1.69. The Morgan fingerprint density at radius 1 is 1.00 bits per heavy atom. The number of aryl methyl sites for hydroxylation is 3. The highest BCUT2D eigenvalue weighted by Crippen LogP contribution is 2.21. The van der Waals surface area contributed by atoms with Crippen LogP contribution in [-0.4, -0.2) is 34.4 Å². The molecule has 0 bridgehead atoms. The predicted octanol–water partition coefficient (Wildman–Crippen LogP) is 3.89. The average molecular weight is 432 g/mol. The quantitative estimate of drug-likeness (QED) is 0.588. The number of anilines is 1. The van der Waals surface area contributed by atoms with Gasteiger partial charge in [-0.1, -0.05) is 30.3 Å². The van der Waals surface area contributed by atoms with Gasteiger partial charge in [-0.15, -0.1) is 0 Å². The van der Waals surface area contributed by atoms with Crippen molar-refractivity contribution in [3.8, 4) is 0 Å². The fraction of sp³-hybridized carbons (Fsp3) is 0.346. The van der Waals surface area contributed by atoms with Crippen LogP contribution in [0.15, 0.2) is 59.5 Å². The Bertz CT molecular complexity index is 1200. The second kappa shape index (κ2) is 9.81. The van der Waals surface area contributed by atoms with Crippen molar-refractivity contribution in [1.29, 1.82) is 0 Å². The lowest BCUT2D eigenvalue weighted by Crippen LogP contribution is -2.28. The van der Waals surface area contributed by atoms with E-state index in [1.54, 1.807) is 22.9 Å². The van der Waals surface area contributed by atoms with Gasteiger partial charge in [0.1, 0.15) is 0 Å². The molecule has 6 nitrogen and oxygen atoms in total. The number of hydrogen-bond donors (Lipinski definition) is 1. The second-order valence-electron chi connectivity index (χ2n) is 8.39. The minimum atomic E-state index is -0.0775. The number of amides is 2. The third-order valence-electron chi connectivity index (χ3n) is 6.17. The first-order valence-electron chi connectivity index (χ1n) is 11.3. The maximum Gasteiger partial charge on any atom is 0.258 e. The molecule has 3 aromatic rings. The molecular formula is C26H29N3O3. The number of aromatic nitrogens is 1. The van der Waals surface area contributed by atoms with Crippen molar-refractivity contribution in [2.75, 3.05) is 18.4 Å². The van der Waals surface area contributed by atoms with Gasteiger partial charge in [-0.3, -0.25) is 14.4 Å². The Hall–Kier alpha value is -3.41. The minimum absolute atomic E-state index is 0.0692. The first-order chi connectivity index (χ1) is 15.5. The standard InChI is InChI=1S/C26H29N3O3/c1-19-7-2-3-8-20(19)12-13-24(30)27-23-10-4-9-22-21(23)14-18-29(26(22)32)17-6-16-28-15-5-11-25(28)31/h2-4,7-10,14,18H,5-6,11-13,15-17H2,1H3,(H,27,30). The van der Waals surface area contributed by atoms with Gasteiger partial charge in [0.2, 0.25) is 11.8 Å². The van der Waals surface area contributed by atoms with E-state index >= 15 is 0 Å². The maximum absolute atomic E-state index is 13.0. The summed E-state index contributed by atoms with van der Waals surface area (Å²) in [6, 6.07) is 15.4. The van der Waals surface area contributed by atoms with E-state index in [0.29, 0.717) is 43.4 Å². The first-order valence-corrected chi connectivity index (χ1v) is 11.3. The van der Waals surface area contributed by atoms with E-state index in [4.69, 9.17) is 0 Å². The lowest BCUT2D eigenvalue weighted by atomic mass is 10.0. The van der Waals surface area contributed by atoms with E-state index in [9.17, 15) is 14.4 Å². The van der Waals surface area contributed by atoms with Crippen LogP contribution in [0.2, 0.25) is 0 Å². The van der Waals surface area contributed by atoms with Gasteiger partial charge in [0.05, 0.1) is 0 Å². The van der Waals surface area contributed by atoms with Crippen LogP contribution in [0.5, 0.6) is 0 Å². The first kappa shape index (κ1) is 21.8. The van der Waals surface area contributed by atoms with Crippen molar-refractivity contribution >= 4 is 28.3 Å². The molecule has 32 heavy (non-hydrogen) atoms.